The van der Waals surface area contributed by atoms with E-state index in [1.807, 2.05) is 0 Å². The fourth-order valence-electron chi connectivity index (χ4n) is 5.22. The van der Waals surface area contributed by atoms with Gasteiger partial charge in [0.25, 0.3) is 11.8 Å². The Balaban J connectivity index is 1.27. The maximum atomic E-state index is 13.4. The minimum absolute atomic E-state index is 0.0835. The summed E-state index contributed by atoms with van der Waals surface area (Å²) < 4.78 is 42.0. The molecule has 4 amide bonds. The summed E-state index contributed by atoms with van der Waals surface area (Å²) in [4.78, 5) is 52.3. The molecular weight excluding hydrogens is 517 g/mol. The molecule has 0 aromatic heterocycles. The lowest BCUT2D eigenvalue weighted by atomic mass is 10.0. The first-order chi connectivity index (χ1) is 18.1. The minimum Gasteiger partial charge on any atom is -0.491 e. The lowest BCUT2D eigenvalue weighted by Gasteiger charge is -2.35. The van der Waals surface area contributed by atoms with E-state index in [0.29, 0.717) is 29.8 Å². The van der Waals surface area contributed by atoms with Crippen LogP contribution in [0.2, 0.25) is 0 Å². The molecule has 0 bridgehead atoms. The maximum Gasteiger partial charge on any atom is 0.332 e. The second-order valence-electron chi connectivity index (χ2n) is 9.64. The molecule has 2 fully saturated rings. The predicted molar refractivity (Wildman–Crippen MR) is 131 cm³/mol. The van der Waals surface area contributed by atoms with Gasteiger partial charge in [-0.1, -0.05) is 6.07 Å². The van der Waals surface area contributed by atoms with Crippen molar-refractivity contribution >= 4 is 33.9 Å². The van der Waals surface area contributed by atoms with Crippen molar-refractivity contribution in [3.05, 3.63) is 59.2 Å². The molecule has 2 aromatic rings. The fourth-order valence-corrected chi connectivity index (χ4v) is 5.73. The number of nitrogens with one attached hydrogen (secondary N) is 1. The molecule has 3 aliphatic rings. The van der Waals surface area contributed by atoms with Crippen molar-refractivity contribution in [1.29, 1.82) is 0 Å². The van der Waals surface area contributed by atoms with E-state index < -0.39 is 33.0 Å². The van der Waals surface area contributed by atoms with Gasteiger partial charge in [-0.15, -0.1) is 3.89 Å². The molecule has 3 aliphatic heterocycles. The average molecular weight is 544 g/mol. The number of ether oxygens (including phenoxy) is 1. The largest absolute Gasteiger partial charge is 0.491 e. The van der Waals surface area contributed by atoms with Gasteiger partial charge >= 0.3 is 10.2 Å². The van der Waals surface area contributed by atoms with Crippen LogP contribution in [0.15, 0.2) is 47.4 Å². The molecule has 2 aromatic carbocycles. The number of hydrogen-bond acceptors (Lipinski definition) is 7. The van der Waals surface area contributed by atoms with Crippen molar-refractivity contribution in [2.75, 3.05) is 13.2 Å². The van der Waals surface area contributed by atoms with E-state index in [2.05, 4.69) is 5.32 Å². The number of carbonyl (C=O) groups is 4. The summed E-state index contributed by atoms with van der Waals surface area (Å²) in [7, 11) is -4.94. The Labute approximate surface area is 218 Å². The number of fused-ring (bicyclic) bond motifs is 1. The molecule has 0 spiro atoms. The summed E-state index contributed by atoms with van der Waals surface area (Å²) in [5.41, 5.74) is 1.26. The first kappa shape index (κ1) is 25.8. The molecular formula is C26H26FN3O7S. The van der Waals surface area contributed by atoms with Gasteiger partial charge in [-0.25, -0.2) is 0 Å². The monoisotopic (exact) mass is 543 g/mol. The van der Waals surface area contributed by atoms with Crippen molar-refractivity contribution in [3.63, 3.8) is 0 Å². The van der Waals surface area contributed by atoms with Crippen LogP contribution in [0.4, 0.5) is 3.89 Å². The molecule has 12 heteroatoms. The zero-order valence-electron chi connectivity index (χ0n) is 20.4. The molecule has 0 saturated carbocycles. The van der Waals surface area contributed by atoms with Gasteiger partial charge < -0.3 is 14.5 Å². The smallest absolute Gasteiger partial charge is 0.332 e. The van der Waals surface area contributed by atoms with Crippen LogP contribution in [0.5, 0.6) is 5.75 Å². The lowest BCUT2D eigenvalue weighted by Crippen LogP contribution is -2.52. The van der Waals surface area contributed by atoms with Crippen LogP contribution in [0, 0.1) is 0 Å². The Kier molecular flexibility index (Phi) is 6.91. The third-order valence-corrected chi connectivity index (χ3v) is 8.00. The SMILES string of the molecule is O=C1CCC(N2Cc3cc(OC[C@H]4CCCCN4C(=O)c4cccc(S(=O)(=O)F)c4)ccc3C2=O)C(=O)N1. The number of hydrogen-bond donors (Lipinski definition) is 1. The first-order valence-corrected chi connectivity index (χ1v) is 13.8. The number of amides is 4. The van der Waals surface area contributed by atoms with Crippen LogP contribution in [0.3, 0.4) is 0 Å². The zero-order valence-corrected chi connectivity index (χ0v) is 21.2. The van der Waals surface area contributed by atoms with Gasteiger partial charge in [-0.3, -0.25) is 24.5 Å². The topological polar surface area (TPSA) is 130 Å². The number of rotatable bonds is 6. The highest BCUT2D eigenvalue weighted by atomic mass is 32.3. The van der Waals surface area contributed by atoms with E-state index in [-0.39, 0.29) is 49.4 Å². The van der Waals surface area contributed by atoms with Crippen LogP contribution in [-0.2, 0) is 26.4 Å². The van der Waals surface area contributed by atoms with Crippen molar-refractivity contribution < 1.29 is 36.2 Å². The summed E-state index contributed by atoms with van der Waals surface area (Å²) in [6.45, 7) is 0.856. The van der Waals surface area contributed by atoms with Gasteiger partial charge in [0, 0.05) is 30.6 Å². The van der Waals surface area contributed by atoms with E-state index >= 15 is 0 Å². The molecule has 5 rings (SSSR count). The van der Waals surface area contributed by atoms with Crippen LogP contribution in [0.1, 0.15) is 58.4 Å². The lowest BCUT2D eigenvalue weighted by molar-refractivity contribution is -0.136. The number of imide groups is 1. The van der Waals surface area contributed by atoms with Crippen LogP contribution in [-0.4, -0.2) is 67.1 Å². The number of halogens is 1. The number of nitrogens with zero attached hydrogens (tertiary/aromatic N) is 2. The average Bonchev–Trinajstić information content (AvgIpc) is 3.22. The summed E-state index contributed by atoms with van der Waals surface area (Å²) >= 11 is 0. The Bertz CT molecular complexity index is 1430. The molecule has 0 radical (unpaired) electrons. The number of piperidine rings is 2. The number of likely N-dealkylation sites (tertiary alicyclic amines) is 1. The minimum atomic E-state index is -4.94. The second kappa shape index (κ2) is 10.2. The van der Waals surface area contributed by atoms with Crippen LogP contribution in [0.25, 0.3) is 0 Å². The highest BCUT2D eigenvalue weighted by Gasteiger charge is 2.39. The summed E-state index contributed by atoms with van der Waals surface area (Å²) in [6.07, 6.45) is 2.80. The zero-order chi connectivity index (χ0) is 27.0. The van der Waals surface area contributed by atoms with Gasteiger partial charge in [0.05, 0.1) is 10.9 Å². The number of carbonyl (C=O) groups excluding carboxylic acids is 4. The van der Waals surface area contributed by atoms with Gasteiger partial charge in [-0.2, -0.15) is 8.42 Å². The van der Waals surface area contributed by atoms with E-state index in [9.17, 15) is 31.5 Å². The summed E-state index contributed by atoms with van der Waals surface area (Å²) in [6, 6.07) is 8.99. The maximum absolute atomic E-state index is 13.4. The first-order valence-electron chi connectivity index (χ1n) is 12.4. The van der Waals surface area contributed by atoms with Crippen molar-refractivity contribution in [2.45, 2.75) is 55.6 Å². The third kappa shape index (κ3) is 5.13. The highest BCUT2D eigenvalue weighted by Crippen LogP contribution is 2.31. The van der Waals surface area contributed by atoms with Gasteiger partial charge in [-0.05, 0) is 67.6 Å². The van der Waals surface area contributed by atoms with Crippen LogP contribution >= 0.6 is 0 Å². The van der Waals surface area contributed by atoms with Gasteiger partial charge in [0.2, 0.25) is 11.8 Å². The second-order valence-corrected chi connectivity index (χ2v) is 11.0. The Morgan fingerprint density at radius 1 is 1.08 bits per heavy atom. The van der Waals surface area contributed by atoms with E-state index in [4.69, 9.17) is 4.74 Å². The normalized spacial score (nSPS) is 21.8. The van der Waals surface area contributed by atoms with E-state index in [0.717, 1.165) is 25.0 Å². The third-order valence-electron chi connectivity index (χ3n) is 7.19. The molecule has 200 valence electrons. The molecule has 1 unspecified atom stereocenters. The van der Waals surface area contributed by atoms with Gasteiger partial charge in [0.1, 0.15) is 18.4 Å². The van der Waals surface area contributed by atoms with E-state index in [1.54, 1.807) is 23.1 Å². The summed E-state index contributed by atoms with van der Waals surface area (Å²) in [5.74, 6) is -0.993. The fraction of sp³-hybridized carbons (Fsp3) is 0.385. The predicted octanol–water partition coefficient (Wildman–Crippen LogP) is 2.18. The van der Waals surface area contributed by atoms with E-state index in [1.165, 1.54) is 17.0 Å². The molecule has 2 saturated heterocycles. The Morgan fingerprint density at radius 3 is 2.66 bits per heavy atom. The molecule has 10 nitrogen and oxygen atoms in total. The molecule has 3 heterocycles. The van der Waals surface area contributed by atoms with Gasteiger partial charge in [0.15, 0.2) is 0 Å². The van der Waals surface area contributed by atoms with Crippen LogP contribution < -0.4 is 10.1 Å². The Hall–Kier alpha value is -3.80. The number of benzene rings is 2. The van der Waals surface area contributed by atoms with Crippen molar-refractivity contribution in [1.82, 2.24) is 15.1 Å². The molecule has 2 atom stereocenters. The van der Waals surface area contributed by atoms with Crippen molar-refractivity contribution in [3.8, 4) is 5.75 Å². The Morgan fingerprint density at radius 2 is 1.89 bits per heavy atom. The molecule has 38 heavy (non-hydrogen) atoms. The molecule has 1 N–H and O–H groups in total. The van der Waals surface area contributed by atoms with Crippen molar-refractivity contribution in [2.24, 2.45) is 0 Å². The summed E-state index contributed by atoms with van der Waals surface area (Å²) in [5, 5.41) is 2.28. The molecule has 0 aliphatic carbocycles. The quantitative estimate of drug-likeness (QED) is 0.437. The standard InChI is InChI=1S/C26H26FN3O7S/c27-38(35,36)20-6-3-4-16(13-20)25(33)29-11-2-1-5-18(29)15-37-19-7-8-21-17(12-19)14-30(26(21)34)22-9-10-23(31)28-24(22)32/h3-4,6-8,12-13,18,22H,1-2,5,9-11,14-15H2,(H,28,31,32)/t18-,22?/m1/s1. The highest BCUT2D eigenvalue weighted by molar-refractivity contribution is 7.86.